The van der Waals surface area contributed by atoms with E-state index in [1.54, 1.807) is 23.9 Å². The van der Waals surface area contributed by atoms with Crippen LogP contribution in [0.1, 0.15) is 11.1 Å². The molecule has 1 amide bonds. The summed E-state index contributed by atoms with van der Waals surface area (Å²) in [6.07, 6.45) is 2.14. The van der Waals surface area contributed by atoms with E-state index in [1.807, 2.05) is 18.2 Å². The van der Waals surface area contributed by atoms with Crippen molar-refractivity contribution in [1.29, 1.82) is 0 Å². The molecule has 0 atom stereocenters. The summed E-state index contributed by atoms with van der Waals surface area (Å²) in [4.78, 5) is 13.5. The van der Waals surface area contributed by atoms with Gasteiger partial charge in [-0.25, -0.2) is 0 Å². The minimum absolute atomic E-state index is 0.0484. The first-order chi connectivity index (χ1) is 14.1. The maximum atomic E-state index is 12.4. The number of para-hydroxylation sites is 1. The molecule has 5 heteroatoms. The third kappa shape index (κ3) is 4.84. The highest BCUT2D eigenvalue weighted by Gasteiger charge is 2.11. The van der Waals surface area contributed by atoms with Crippen LogP contribution < -0.4 is 5.32 Å². The van der Waals surface area contributed by atoms with Crippen molar-refractivity contribution >= 4 is 45.9 Å². The van der Waals surface area contributed by atoms with Crippen molar-refractivity contribution in [3.05, 3.63) is 95.1 Å². The second kappa shape index (κ2) is 8.76. The van der Waals surface area contributed by atoms with E-state index < -0.39 is 0 Å². The Morgan fingerprint density at radius 1 is 1.03 bits per heavy atom. The Labute approximate surface area is 179 Å². The molecule has 0 saturated carbocycles. The van der Waals surface area contributed by atoms with Crippen LogP contribution in [0, 0.1) is 6.92 Å². The van der Waals surface area contributed by atoms with E-state index in [2.05, 4.69) is 65.5 Å². The molecule has 4 aromatic rings. The van der Waals surface area contributed by atoms with Gasteiger partial charge in [-0.15, -0.1) is 11.8 Å². The van der Waals surface area contributed by atoms with E-state index in [-0.39, 0.29) is 5.91 Å². The number of hydrogen-bond acceptors (Lipinski definition) is 2. The number of benzene rings is 3. The Bertz CT molecular complexity index is 1170. The number of hydrogen-bond donors (Lipinski definition) is 1. The summed E-state index contributed by atoms with van der Waals surface area (Å²) in [5, 5.41) is 4.68. The van der Waals surface area contributed by atoms with Crippen molar-refractivity contribution in [2.45, 2.75) is 18.4 Å². The highest BCUT2D eigenvalue weighted by atomic mass is 35.5. The van der Waals surface area contributed by atoms with E-state index in [0.29, 0.717) is 16.5 Å². The first kappa shape index (κ1) is 19.6. The van der Waals surface area contributed by atoms with Gasteiger partial charge in [-0.3, -0.25) is 4.79 Å². The second-order valence-corrected chi connectivity index (χ2v) is 8.43. The van der Waals surface area contributed by atoms with Crippen LogP contribution in [0.3, 0.4) is 0 Å². The minimum Gasteiger partial charge on any atom is -0.342 e. The largest absolute Gasteiger partial charge is 0.342 e. The molecule has 0 bridgehead atoms. The topological polar surface area (TPSA) is 34.0 Å². The maximum absolute atomic E-state index is 12.4. The van der Waals surface area contributed by atoms with Gasteiger partial charge in [0.2, 0.25) is 5.91 Å². The smallest absolute Gasteiger partial charge is 0.234 e. The van der Waals surface area contributed by atoms with Crippen molar-refractivity contribution < 1.29 is 4.79 Å². The van der Waals surface area contributed by atoms with Crippen LogP contribution in [0.4, 0.5) is 5.69 Å². The Morgan fingerprint density at radius 2 is 1.86 bits per heavy atom. The Hall–Kier alpha value is -2.69. The number of amides is 1. The lowest BCUT2D eigenvalue weighted by Crippen LogP contribution is -2.13. The third-order valence-corrected chi connectivity index (χ3v) is 5.93. The number of nitrogens with one attached hydrogen (secondary N) is 1. The van der Waals surface area contributed by atoms with Gasteiger partial charge in [-0.2, -0.15) is 0 Å². The van der Waals surface area contributed by atoms with Crippen molar-refractivity contribution in [3.8, 4) is 0 Å². The summed E-state index contributed by atoms with van der Waals surface area (Å²) < 4.78 is 2.25. The van der Waals surface area contributed by atoms with Gasteiger partial charge in [-0.05, 0) is 36.8 Å². The summed E-state index contributed by atoms with van der Waals surface area (Å²) in [6, 6.07) is 24.1. The first-order valence-electron chi connectivity index (χ1n) is 9.40. The van der Waals surface area contributed by atoms with Gasteiger partial charge in [0.05, 0.1) is 5.75 Å². The number of carbonyl (C=O) groups is 1. The van der Waals surface area contributed by atoms with E-state index in [1.165, 1.54) is 22.0 Å². The Balaban J connectivity index is 1.51. The molecule has 4 rings (SSSR count). The SMILES string of the molecule is Cc1cccc(Cn2cc(SCC(=O)Nc3cccc(Cl)c3)c3ccccc32)c1. The number of aromatic nitrogens is 1. The van der Waals surface area contributed by atoms with E-state index >= 15 is 0 Å². The number of thioether (sulfide) groups is 1. The highest BCUT2D eigenvalue weighted by Crippen LogP contribution is 2.30. The van der Waals surface area contributed by atoms with Crippen LogP contribution in [0.25, 0.3) is 10.9 Å². The number of aryl methyl sites for hydroxylation is 1. The third-order valence-electron chi connectivity index (χ3n) is 4.65. The molecule has 3 nitrogen and oxygen atoms in total. The van der Waals surface area contributed by atoms with Crippen LogP contribution in [0.2, 0.25) is 5.02 Å². The Morgan fingerprint density at radius 3 is 2.69 bits per heavy atom. The minimum atomic E-state index is -0.0484. The van der Waals surface area contributed by atoms with Crippen LogP contribution in [0.15, 0.2) is 83.9 Å². The van der Waals surface area contributed by atoms with Gasteiger partial charge >= 0.3 is 0 Å². The Kier molecular flexibility index (Phi) is 5.93. The summed E-state index contributed by atoms with van der Waals surface area (Å²) in [7, 11) is 0. The standard InChI is InChI=1S/C24H21ClN2OS/c1-17-6-4-7-18(12-17)14-27-15-23(21-10-2-3-11-22(21)27)29-16-24(28)26-20-9-5-8-19(25)13-20/h2-13,15H,14,16H2,1H3,(H,26,28). The summed E-state index contributed by atoms with van der Waals surface area (Å²) in [6.45, 7) is 2.91. The normalized spacial score (nSPS) is 11.0. The lowest BCUT2D eigenvalue weighted by molar-refractivity contribution is -0.113. The molecule has 0 aliphatic rings. The molecule has 0 fully saturated rings. The lowest BCUT2D eigenvalue weighted by Gasteiger charge is -2.06. The molecular formula is C24H21ClN2OS. The van der Waals surface area contributed by atoms with Crippen LogP contribution in [-0.4, -0.2) is 16.2 Å². The predicted octanol–water partition coefficient (Wildman–Crippen LogP) is 6.38. The molecule has 3 aromatic carbocycles. The van der Waals surface area contributed by atoms with E-state index in [0.717, 1.165) is 11.4 Å². The number of carbonyl (C=O) groups excluding carboxylic acids is 1. The highest BCUT2D eigenvalue weighted by molar-refractivity contribution is 8.00. The molecule has 0 saturated heterocycles. The molecule has 1 N–H and O–H groups in total. The van der Waals surface area contributed by atoms with E-state index in [9.17, 15) is 4.79 Å². The van der Waals surface area contributed by atoms with Crippen LogP contribution >= 0.6 is 23.4 Å². The fourth-order valence-corrected chi connectivity index (χ4v) is 4.45. The average Bonchev–Trinajstić information content (AvgIpc) is 3.04. The molecule has 0 spiro atoms. The fourth-order valence-electron chi connectivity index (χ4n) is 3.37. The summed E-state index contributed by atoms with van der Waals surface area (Å²) in [5.74, 6) is 0.290. The lowest BCUT2D eigenvalue weighted by atomic mass is 10.1. The predicted molar refractivity (Wildman–Crippen MR) is 123 cm³/mol. The second-order valence-electron chi connectivity index (χ2n) is 6.97. The van der Waals surface area contributed by atoms with Crippen LogP contribution in [0.5, 0.6) is 0 Å². The average molecular weight is 421 g/mol. The molecule has 1 heterocycles. The molecule has 0 unspecified atom stereocenters. The summed E-state index contributed by atoms with van der Waals surface area (Å²) >= 11 is 7.54. The zero-order chi connectivity index (χ0) is 20.2. The number of fused-ring (bicyclic) bond motifs is 1. The number of anilines is 1. The fraction of sp³-hybridized carbons (Fsp3) is 0.125. The molecule has 0 aliphatic carbocycles. The van der Waals surface area contributed by atoms with Crippen molar-refractivity contribution in [2.75, 3.05) is 11.1 Å². The van der Waals surface area contributed by atoms with Crippen molar-refractivity contribution in [2.24, 2.45) is 0 Å². The molecule has 146 valence electrons. The van der Waals surface area contributed by atoms with Crippen molar-refractivity contribution in [3.63, 3.8) is 0 Å². The number of rotatable bonds is 6. The molecule has 1 aromatic heterocycles. The number of nitrogens with zero attached hydrogens (tertiary/aromatic N) is 1. The number of halogens is 1. The molecule has 0 radical (unpaired) electrons. The molecule has 29 heavy (non-hydrogen) atoms. The van der Waals surface area contributed by atoms with Crippen molar-refractivity contribution in [1.82, 2.24) is 4.57 Å². The zero-order valence-electron chi connectivity index (χ0n) is 16.1. The van der Waals surface area contributed by atoms with Gasteiger partial charge in [0.1, 0.15) is 0 Å². The van der Waals surface area contributed by atoms with Gasteiger partial charge in [0.25, 0.3) is 0 Å². The van der Waals surface area contributed by atoms with Gasteiger partial charge in [0.15, 0.2) is 0 Å². The monoisotopic (exact) mass is 420 g/mol. The van der Waals surface area contributed by atoms with E-state index in [4.69, 9.17) is 11.6 Å². The first-order valence-corrected chi connectivity index (χ1v) is 10.8. The van der Waals surface area contributed by atoms with Gasteiger partial charge < -0.3 is 9.88 Å². The maximum Gasteiger partial charge on any atom is 0.234 e. The summed E-state index contributed by atoms with van der Waals surface area (Å²) in [5.41, 5.74) is 4.41. The quantitative estimate of drug-likeness (QED) is 0.367. The van der Waals surface area contributed by atoms with Crippen LogP contribution in [-0.2, 0) is 11.3 Å². The zero-order valence-corrected chi connectivity index (χ0v) is 17.6. The van der Waals surface area contributed by atoms with Gasteiger partial charge in [0, 0.05) is 39.3 Å². The molecule has 0 aliphatic heterocycles. The molecular weight excluding hydrogens is 400 g/mol. The van der Waals surface area contributed by atoms with Gasteiger partial charge in [-0.1, -0.05) is 65.7 Å².